The standard InChI is InChI=1S/C28H27NO4/c1-28(2,3)19-14-16-20(17-15-19)29-24(21-12-8-9-13-22(21)33-4)23(26(31)27(29)32)25(30)18-10-6-5-7-11-18/h5-17,24,30H,1-4H3/b25-23+. The number of aliphatic hydroxyl groups excluding tert-OH is 1. The van der Waals surface area contributed by atoms with E-state index in [1.807, 2.05) is 48.5 Å². The van der Waals surface area contributed by atoms with Crippen LogP contribution >= 0.6 is 0 Å². The number of aliphatic hydroxyl groups is 1. The van der Waals surface area contributed by atoms with Gasteiger partial charge in [-0.1, -0.05) is 81.4 Å². The first-order chi connectivity index (χ1) is 15.7. The van der Waals surface area contributed by atoms with E-state index >= 15 is 0 Å². The Balaban J connectivity index is 1.94. The van der Waals surface area contributed by atoms with Crippen molar-refractivity contribution in [1.82, 2.24) is 0 Å². The number of anilines is 1. The minimum absolute atomic E-state index is 0.0376. The highest BCUT2D eigenvalue weighted by Crippen LogP contribution is 2.45. The smallest absolute Gasteiger partial charge is 0.300 e. The summed E-state index contributed by atoms with van der Waals surface area (Å²) >= 11 is 0. The number of hydrogen-bond donors (Lipinski definition) is 1. The van der Waals surface area contributed by atoms with Gasteiger partial charge < -0.3 is 9.84 Å². The molecule has 3 aromatic rings. The van der Waals surface area contributed by atoms with Crippen molar-refractivity contribution in [3.05, 3.63) is 101 Å². The number of ether oxygens (including phenoxy) is 1. The van der Waals surface area contributed by atoms with Crippen LogP contribution in [0.25, 0.3) is 5.76 Å². The van der Waals surface area contributed by atoms with Gasteiger partial charge in [0.05, 0.1) is 18.7 Å². The van der Waals surface area contributed by atoms with Crippen LogP contribution in [-0.2, 0) is 15.0 Å². The van der Waals surface area contributed by atoms with E-state index in [0.29, 0.717) is 22.6 Å². The molecule has 1 aliphatic heterocycles. The fourth-order valence-electron chi connectivity index (χ4n) is 4.16. The molecule has 4 rings (SSSR count). The average Bonchev–Trinajstić information content (AvgIpc) is 3.09. The van der Waals surface area contributed by atoms with Gasteiger partial charge in [-0.15, -0.1) is 0 Å². The molecule has 1 saturated heterocycles. The maximum absolute atomic E-state index is 13.3. The second-order valence-corrected chi connectivity index (χ2v) is 9.07. The zero-order valence-electron chi connectivity index (χ0n) is 19.2. The van der Waals surface area contributed by atoms with Crippen molar-refractivity contribution in [2.45, 2.75) is 32.2 Å². The van der Waals surface area contributed by atoms with Crippen molar-refractivity contribution in [3.8, 4) is 5.75 Å². The van der Waals surface area contributed by atoms with E-state index in [-0.39, 0.29) is 16.7 Å². The predicted molar refractivity (Wildman–Crippen MR) is 129 cm³/mol. The Labute approximate surface area is 193 Å². The van der Waals surface area contributed by atoms with Crippen LogP contribution in [0.15, 0.2) is 84.4 Å². The van der Waals surface area contributed by atoms with Crippen molar-refractivity contribution in [3.63, 3.8) is 0 Å². The summed E-state index contributed by atoms with van der Waals surface area (Å²) in [6.45, 7) is 6.34. The largest absolute Gasteiger partial charge is 0.507 e. The summed E-state index contributed by atoms with van der Waals surface area (Å²) in [6.07, 6.45) is 0. The molecule has 3 aromatic carbocycles. The molecule has 1 aliphatic rings. The third kappa shape index (κ3) is 4.02. The minimum Gasteiger partial charge on any atom is -0.507 e. The van der Waals surface area contributed by atoms with E-state index in [1.165, 1.54) is 4.90 Å². The zero-order valence-corrected chi connectivity index (χ0v) is 19.2. The quantitative estimate of drug-likeness (QED) is 0.324. The lowest BCUT2D eigenvalue weighted by atomic mass is 9.87. The maximum Gasteiger partial charge on any atom is 0.300 e. The molecule has 1 fully saturated rings. The number of nitrogens with zero attached hydrogens (tertiary/aromatic N) is 1. The number of para-hydroxylation sites is 1. The Hall–Kier alpha value is -3.86. The lowest BCUT2D eigenvalue weighted by Crippen LogP contribution is -2.29. The predicted octanol–water partition coefficient (Wildman–Crippen LogP) is 5.62. The molecule has 1 atom stereocenters. The van der Waals surface area contributed by atoms with Crippen LogP contribution in [-0.4, -0.2) is 23.9 Å². The highest BCUT2D eigenvalue weighted by Gasteiger charge is 2.47. The first-order valence-corrected chi connectivity index (χ1v) is 10.8. The van der Waals surface area contributed by atoms with Gasteiger partial charge in [0.15, 0.2) is 0 Å². The van der Waals surface area contributed by atoms with Crippen LogP contribution in [0.3, 0.4) is 0 Å². The molecule has 0 radical (unpaired) electrons. The number of rotatable bonds is 4. The molecule has 0 aromatic heterocycles. The van der Waals surface area contributed by atoms with Gasteiger partial charge in [0.1, 0.15) is 11.5 Å². The molecule has 1 unspecified atom stereocenters. The molecule has 168 valence electrons. The van der Waals surface area contributed by atoms with Crippen molar-refractivity contribution in [2.24, 2.45) is 0 Å². The third-order valence-electron chi connectivity index (χ3n) is 5.94. The van der Waals surface area contributed by atoms with Gasteiger partial charge in [-0.2, -0.15) is 0 Å². The molecule has 5 heteroatoms. The van der Waals surface area contributed by atoms with Gasteiger partial charge in [0.2, 0.25) is 0 Å². The lowest BCUT2D eigenvalue weighted by Gasteiger charge is -2.27. The van der Waals surface area contributed by atoms with E-state index in [0.717, 1.165) is 5.56 Å². The summed E-state index contributed by atoms with van der Waals surface area (Å²) in [5.41, 5.74) is 2.77. The van der Waals surface area contributed by atoms with E-state index in [2.05, 4.69) is 20.8 Å². The number of amides is 1. The Kier molecular flexibility index (Phi) is 5.81. The Morgan fingerprint density at radius 1 is 0.879 bits per heavy atom. The van der Waals surface area contributed by atoms with Crippen LogP contribution in [0.1, 0.15) is 43.5 Å². The molecule has 33 heavy (non-hydrogen) atoms. The normalized spacial score (nSPS) is 17.9. The third-order valence-corrected chi connectivity index (χ3v) is 5.94. The van der Waals surface area contributed by atoms with Gasteiger partial charge in [-0.3, -0.25) is 14.5 Å². The van der Waals surface area contributed by atoms with E-state index < -0.39 is 17.7 Å². The van der Waals surface area contributed by atoms with Crippen LogP contribution in [0.2, 0.25) is 0 Å². The Bertz CT molecular complexity index is 1220. The molecule has 0 bridgehead atoms. The molecule has 1 N–H and O–H groups in total. The van der Waals surface area contributed by atoms with Crippen LogP contribution in [0.4, 0.5) is 5.69 Å². The minimum atomic E-state index is -0.832. The van der Waals surface area contributed by atoms with Gasteiger partial charge >= 0.3 is 0 Å². The number of carbonyl (C=O) groups is 2. The van der Waals surface area contributed by atoms with Gasteiger partial charge in [-0.25, -0.2) is 0 Å². The molecule has 0 spiro atoms. The number of methoxy groups -OCH3 is 1. The first kappa shape index (κ1) is 22.3. The SMILES string of the molecule is COc1ccccc1C1/C(=C(\O)c2ccccc2)C(=O)C(=O)N1c1ccc(C(C)(C)C)cc1. The van der Waals surface area contributed by atoms with Crippen molar-refractivity contribution in [2.75, 3.05) is 12.0 Å². The number of carbonyl (C=O) groups excluding carboxylic acids is 2. The monoisotopic (exact) mass is 441 g/mol. The zero-order chi connectivity index (χ0) is 23.8. The summed E-state index contributed by atoms with van der Waals surface area (Å²) in [6, 6.07) is 22.8. The van der Waals surface area contributed by atoms with E-state index in [1.54, 1.807) is 37.4 Å². The van der Waals surface area contributed by atoms with E-state index in [9.17, 15) is 14.7 Å². The summed E-state index contributed by atoms with van der Waals surface area (Å²) in [5.74, 6) is -1.10. The van der Waals surface area contributed by atoms with Crippen molar-refractivity contribution < 1.29 is 19.4 Å². The summed E-state index contributed by atoms with van der Waals surface area (Å²) in [7, 11) is 1.54. The molecule has 0 aliphatic carbocycles. The second kappa shape index (κ2) is 8.58. The van der Waals surface area contributed by atoms with Gasteiger partial charge in [0.25, 0.3) is 11.7 Å². The fraction of sp³-hybridized carbons (Fsp3) is 0.214. The maximum atomic E-state index is 13.3. The number of ketones is 1. The van der Waals surface area contributed by atoms with E-state index in [4.69, 9.17) is 4.74 Å². The van der Waals surface area contributed by atoms with Crippen LogP contribution < -0.4 is 9.64 Å². The lowest BCUT2D eigenvalue weighted by molar-refractivity contribution is -0.132. The average molecular weight is 442 g/mol. The topological polar surface area (TPSA) is 66.8 Å². The van der Waals surface area contributed by atoms with Crippen LogP contribution in [0.5, 0.6) is 5.75 Å². The number of hydrogen-bond acceptors (Lipinski definition) is 4. The summed E-state index contributed by atoms with van der Waals surface area (Å²) in [4.78, 5) is 28.0. The van der Waals surface area contributed by atoms with Crippen molar-refractivity contribution >= 4 is 23.1 Å². The Morgan fingerprint density at radius 3 is 2.09 bits per heavy atom. The highest BCUT2D eigenvalue weighted by atomic mass is 16.5. The number of benzene rings is 3. The molecular weight excluding hydrogens is 414 g/mol. The first-order valence-electron chi connectivity index (χ1n) is 10.8. The fourth-order valence-corrected chi connectivity index (χ4v) is 4.16. The molecule has 1 heterocycles. The highest BCUT2D eigenvalue weighted by molar-refractivity contribution is 6.51. The summed E-state index contributed by atoms with van der Waals surface area (Å²) in [5, 5.41) is 11.2. The molecule has 0 saturated carbocycles. The second-order valence-electron chi connectivity index (χ2n) is 9.07. The summed E-state index contributed by atoms with van der Waals surface area (Å²) < 4.78 is 5.56. The van der Waals surface area contributed by atoms with Gasteiger partial charge in [-0.05, 0) is 29.2 Å². The number of Topliss-reactive ketones (excluding diaryl/α,β-unsaturated/α-hetero) is 1. The molecule has 5 nitrogen and oxygen atoms in total. The van der Waals surface area contributed by atoms with Gasteiger partial charge in [0, 0.05) is 16.8 Å². The molecular formula is C28H27NO4. The molecule has 1 amide bonds. The van der Waals surface area contributed by atoms with Crippen LogP contribution in [0, 0.1) is 0 Å². The Morgan fingerprint density at radius 2 is 1.48 bits per heavy atom. The van der Waals surface area contributed by atoms with Crippen molar-refractivity contribution in [1.29, 1.82) is 0 Å².